The first-order chi connectivity index (χ1) is 16.8. The van der Waals surface area contributed by atoms with Crippen LogP contribution in [0.2, 0.25) is 0 Å². The minimum absolute atomic E-state index is 0.0124. The Bertz CT molecular complexity index is 1040. The largest absolute Gasteiger partial charge is 0.460 e. The molecule has 0 atom stereocenters. The predicted octanol–water partition coefficient (Wildman–Crippen LogP) is 3.23. The normalized spacial score (nSPS) is 13.4. The molecule has 0 aliphatic carbocycles. The SMILES string of the molecule is CC(=O)c1ccccc1C(=O)OCCN1CCCN(CCOC(=O)c2ccccc2C(C)=O)C1=O. The third kappa shape index (κ3) is 6.53. The Labute approximate surface area is 203 Å². The second kappa shape index (κ2) is 11.9. The summed E-state index contributed by atoms with van der Waals surface area (Å²) in [6.45, 7) is 4.18. The Morgan fingerprint density at radius 2 is 1.06 bits per heavy atom. The molecule has 0 spiro atoms. The van der Waals surface area contributed by atoms with Crippen molar-refractivity contribution >= 4 is 29.5 Å². The first-order valence-electron chi connectivity index (χ1n) is 11.4. The molecule has 184 valence electrons. The van der Waals surface area contributed by atoms with Gasteiger partial charge in [0.1, 0.15) is 13.2 Å². The number of urea groups is 1. The fraction of sp³-hybridized carbons (Fsp3) is 0.346. The van der Waals surface area contributed by atoms with Crippen LogP contribution in [0.5, 0.6) is 0 Å². The van der Waals surface area contributed by atoms with Crippen molar-refractivity contribution in [3.05, 3.63) is 70.8 Å². The van der Waals surface area contributed by atoms with Crippen molar-refractivity contribution < 1.29 is 33.4 Å². The van der Waals surface area contributed by atoms with Crippen LogP contribution < -0.4 is 0 Å². The molecule has 0 N–H and O–H groups in total. The van der Waals surface area contributed by atoms with Crippen LogP contribution in [-0.2, 0) is 9.47 Å². The predicted molar refractivity (Wildman–Crippen MR) is 127 cm³/mol. The zero-order valence-electron chi connectivity index (χ0n) is 19.8. The van der Waals surface area contributed by atoms with Crippen molar-refractivity contribution in [1.29, 1.82) is 0 Å². The van der Waals surface area contributed by atoms with Crippen LogP contribution in [0.15, 0.2) is 48.5 Å². The zero-order valence-corrected chi connectivity index (χ0v) is 19.8. The van der Waals surface area contributed by atoms with Gasteiger partial charge in [-0.1, -0.05) is 36.4 Å². The number of ether oxygens (including phenoxy) is 2. The van der Waals surface area contributed by atoms with Gasteiger partial charge in [0, 0.05) is 24.2 Å². The van der Waals surface area contributed by atoms with Crippen molar-refractivity contribution in [3.8, 4) is 0 Å². The molecular weight excluding hydrogens is 452 g/mol. The molecule has 1 aliphatic rings. The summed E-state index contributed by atoms with van der Waals surface area (Å²) in [6.07, 6.45) is 0.716. The highest BCUT2D eigenvalue weighted by Crippen LogP contribution is 2.14. The molecule has 2 aromatic carbocycles. The van der Waals surface area contributed by atoms with Crippen LogP contribution in [0.3, 0.4) is 0 Å². The van der Waals surface area contributed by atoms with E-state index in [9.17, 15) is 24.0 Å². The number of carbonyl (C=O) groups excluding carboxylic acids is 5. The fourth-order valence-electron chi connectivity index (χ4n) is 3.85. The van der Waals surface area contributed by atoms with E-state index in [0.29, 0.717) is 19.5 Å². The van der Waals surface area contributed by atoms with E-state index < -0.39 is 11.9 Å². The molecule has 3 rings (SSSR count). The average molecular weight is 481 g/mol. The summed E-state index contributed by atoms with van der Waals surface area (Å²) in [6, 6.07) is 12.6. The second-order valence-corrected chi connectivity index (χ2v) is 8.09. The molecular formula is C26H28N2O7. The lowest BCUT2D eigenvalue weighted by Crippen LogP contribution is -2.51. The first-order valence-corrected chi connectivity index (χ1v) is 11.4. The first kappa shape index (κ1) is 25.6. The van der Waals surface area contributed by atoms with Crippen LogP contribution in [0.25, 0.3) is 0 Å². The Kier molecular flexibility index (Phi) is 8.72. The maximum atomic E-state index is 12.8. The molecule has 1 fully saturated rings. The zero-order chi connectivity index (χ0) is 25.4. The summed E-state index contributed by atoms with van der Waals surface area (Å²) in [5.74, 6) is -1.69. The molecule has 1 heterocycles. The number of amides is 2. The van der Waals surface area contributed by atoms with Gasteiger partial charge in [0.15, 0.2) is 11.6 Å². The van der Waals surface area contributed by atoms with Crippen LogP contribution in [-0.4, -0.2) is 78.7 Å². The van der Waals surface area contributed by atoms with E-state index in [2.05, 4.69) is 0 Å². The Hall–Kier alpha value is -4.01. The smallest absolute Gasteiger partial charge is 0.338 e. The van der Waals surface area contributed by atoms with Crippen LogP contribution >= 0.6 is 0 Å². The van der Waals surface area contributed by atoms with Crippen LogP contribution in [0.1, 0.15) is 61.7 Å². The van der Waals surface area contributed by atoms with Gasteiger partial charge < -0.3 is 19.3 Å². The average Bonchev–Trinajstić information content (AvgIpc) is 2.85. The molecule has 0 aromatic heterocycles. The van der Waals surface area contributed by atoms with Crippen LogP contribution in [0, 0.1) is 0 Å². The molecule has 0 unspecified atom stereocenters. The lowest BCUT2D eigenvalue weighted by Gasteiger charge is -2.35. The summed E-state index contributed by atoms with van der Waals surface area (Å²) >= 11 is 0. The summed E-state index contributed by atoms with van der Waals surface area (Å²) in [7, 11) is 0. The second-order valence-electron chi connectivity index (χ2n) is 8.09. The number of carbonyl (C=O) groups is 5. The topological polar surface area (TPSA) is 110 Å². The molecule has 0 radical (unpaired) electrons. The summed E-state index contributed by atoms with van der Waals surface area (Å²) in [5, 5.41) is 0. The van der Waals surface area contributed by atoms with Gasteiger partial charge in [0.2, 0.25) is 0 Å². The number of esters is 2. The van der Waals surface area contributed by atoms with E-state index in [4.69, 9.17) is 9.47 Å². The van der Waals surface area contributed by atoms with E-state index in [1.165, 1.54) is 26.0 Å². The third-order valence-corrected chi connectivity index (χ3v) is 5.64. The van der Waals surface area contributed by atoms with Gasteiger partial charge in [0.25, 0.3) is 0 Å². The number of hydrogen-bond donors (Lipinski definition) is 0. The maximum absolute atomic E-state index is 12.8. The number of benzene rings is 2. The molecule has 9 heteroatoms. The van der Waals surface area contributed by atoms with E-state index >= 15 is 0 Å². The molecule has 0 bridgehead atoms. The van der Waals surface area contributed by atoms with Gasteiger partial charge in [-0.3, -0.25) is 9.59 Å². The van der Waals surface area contributed by atoms with Crippen molar-refractivity contribution in [2.75, 3.05) is 39.4 Å². The maximum Gasteiger partial charge on any atom is 0.338 e. The highest BCUT2D eigenvalue weighted by molar-refractivity contribution is 6.06. The van der Waals surface area contributed by atoms with E-state index in [0.717, 1.165) is 0 Å². The molecule has 2 aromatic rings. The fourth-order valence-corrected chi connectivity index (χ4v) is 3.85. The number of ketones is 2. The molecule has 1 saturated heterocycles. The standard InChI is InChI=1S/C26H28N2O7/c1-18(29)20-8-3-5-10-22(20)24(31)34-16-14-27-12-7-13-28(26(27)33)15-17-35-25(32)23-11-6-4-9-21(23)19(2)30/h3-6,8-11H,7,12-17H2,1-2H3. The third-order valence-electron chi connectivity index (χ3n) is 5.64. The van der Waals surface area contributed by atoms with Crippen molar-refractivity contribution in [1.82, 2.24) is 9.80 Å². The quantitative estimate of drug-likeness (QED) is 0.379. The number of hydrogen-bond acceptors (Lipinski definition) is 7. The van der Waals surface area contributed by atoms with Crippen LogP contribution in [0.4, 0.5) is 4.79 Å². The Morgan fingerprint density at radius 1 is 0.686 bits per heavy atom. The summed E-state index contributed by atoms with van der Waals surface area (Å²) in [5.41, 5.74) is 0.968. The van der Waals surface area contributed by atoms with Gasteiger partial charge in [-0.05, 0) is 32.4 Å². The van der Waals surface area contributed by atoms with Crippen molar-refractivity contribution in [2.24, 2.45) is 0 Å². The summed E-state index contributed by atoms with van der Waals surface area (Å²) < 4.78 is 10.6. The monoisotopic (exact) mass is 480 g/mol. The van der Waals surface area contributed by atoms with Gasteiger partial charge in [-0.15, -0.1) is 0 Å². The van der Waals surface area contributed by atoms with E-state index in [1.54, 1.807) is 46.2 Å². The number of nitrogens with zero attached hydrogens (tertiary/aromatic N) is 2. The molecule has 35 heavy (non-hydrogen) atoms. The highest BCUT2D eigenvalue weighted by Gasteiger charge is 2.26. The van der Waals surface area contributed by atoms with Crippen molar-refractivity contribution in [2.45, 2.75) is 20.3 Å². The van der Waals surface area contributed by atoms with E-state index in [1.807, 2.05) is 0 Å². The van der Waals surface area contributed by atoms with Gasteiger partial charge in [-0.25, -0.2) is 14.4 Å². The van der Waals surface area contributed by atoms with Gasteiger partial charge in [-0.2, -0.15) is 0 Å². The summed E-state index contributed by atoms with van der Waals surface area (Å²) in [4.78, 5) is 64.1. The van der Waals surface area contributed by atoms with Gasteiger partial charge >= 0.3 is 18.0 Å². The molecule has 2 amide bonds. The highest BCUT2D eigenvalue weighted by atomic mass is 16.5. The number of Topliss-reactive ketones (excluding diaryl/α,β-unsaturated/α-hetero) is 2. The molecule has 1 aliphatic heterocycles. The molecule has 0 saturated carbocycles. The minimum Gasteiger partial charge on any atom is -0.460 e. The minimum atomic E-state index is -0.616. The van der Waals surface area contributed by atoms with Gasteiger partial charge in [0.05, 0.1) is 24.2 Å². The Morgan fingerprint density at radius 3 is 1.43 bits per heavy atom. The van der Waals surface area contributed by atoms with Crippen molar-refractivity contribution in [3.63, 3.8) is 0 Å². The Balaban J connectivity index is 1.48. The number of rotatable bonds is 10. The lowest BCUT2D eigenvalue weighted by atomic mass is 10.0. The lowest BCUT2D eigenvalue weighted by molar-refractivity contribution is 0.0407. The van der Waals surface area contributed by atoms with E-state index in [-0.39, 0.29) is 66.2 Å². The molecule has 9 nitrogen and oxygen atoms in total.